The molecule has 0 saturated carbocycles. The fourth-order valence-electron chi connectivity index (χ4n) is 3.06. The fourth-order valence-corrected chi connectivity index (χ4v) is 4.69. The lowest BCUT2D eigenvalue weighted by atomic mass is 10.2. The number of benzene rings is 2. The molecule has 1 N–H and O–H groups in total. The normalized spacial score (nSPS) is 17.8. The van der Waals surface area contributed by atoms with Crippen molar-refractivity contribution >= 4 is 27.3 Å². The molecule has 0 aromatic heterocycles. The molecule has 26 heavy (non-hydrogen) atoms. The number of carbonyl (C=O) groups is 1. The Kier molecular flexibility index (Phi) is 4.20. The second-order valence-corrected chi connectivity index (χ2v) is 8.18. The number of amides is 1. The molecule has 1 saturated heterocycles. The Labute approximate surface area is 151 Å². The van der Waals surface area contributed by atoms with E-state index in [1.807, 2.05) is 0 Å². The SMILES string of the molecule is O=C(Nc1cccc(N2CCCCS2(=O)=O)c1)c1ccc2c(c1)OCO2. The van der Waals surface area contributed by atoms with Gasteiger partial charge in [0, 0.05) is 17.8 Å². The standard InChI is InChI=1S/C18H18N2O5S/c21-18(13-6-7-16-17(10-13)25-12-24-16)19-14-4-3-5-15(11-14)20-8-1-2-9-26(20,22)23/h3-7,10-11H,1-2,8-9,12H2,(H,19,21). The van der Waals surface area contributed by atoms with Crippen LogP contribution >= 0.6 is 0 Å². The molecule has 0 aliphatic carbocycles. The number of nitrogens with one attached hydrogen (secondary N) is 1. The Hall–Kier alpha value is -2.74. The highest BCUT2D eigenvalue weighted by atomic mass is 32.2. The van der Waals surface area contributed by atoms with Crippen LogP contribution in [0.4, 0.5) is 11.4 Å². The zero-order valence-corrected chi connectivity index (χ0v) is 14.8. The summed E-state index contributed by atoms with van der Waals surface area (Å²) in [6, 6.07) is 11.8. The largest absolute Gasteiger partial charge is 0.454 e. The molecule has 4 rings (SSSR count). The number of ether oxygens (including phenoxy) is 2. The molecule has 2 aliphatic rings. The second kappa shape index (κ2) is 6.53. The number of nitrogens with zero attached hydrogens (tertiary/aromatic N) is 1. The summed E-state index contributed by atoms with van der Waals surface area (Å²) < 4.78 is 36.4. The molecule has 8 heteroatoms. The van der Waals surface area contributed by atoms with Gasteiger partial charge in [0.25, 0.3) is 5.91 Å². The first kappa shape index (κ1) is 16.7. The van der Waals surface area contributed by atoms with Crippen molar-refractivity contribution in [3.63, 3.8) is 0 Å². The number of carbonyl (C=O) groups excluding carboxylic acids is 1. The van der Waals surface area contributed by atoms with E-state index in [0.717, 1.165) is 6.42 Å². The van der Waals surface area contributed by atoms with Crippen molar-refractivity contribution in [1.29, 1.82) is 0 Å². The predicted molar refractivity (Wildman–Crippen MR) is 97.3 cm³/mol. The lowest BCUT2D eigenvalue weighted by Crippen LogP contribution is -2.37. The molecule has 0 spiro atoms. The average Bonchev–Trinajstić information content (AvgIpc) is 3.09. The third-order valence-electron chi connectivity index (χ3n) is 4.38. The summed E-state index contributed by atoms with van der Waals surface area (Å²) >= 11 is 0. The molecule has 0 unspecified atom stereocenters. The lowest BCUT2D eigenvalue weighted by Gasteiger charge is -2.28. The Morgan fingerprint density at radius 1 is 1.04 bits per heavy atom. The lowest BCUT2D eigenvalue weighted by molar-refractivity contribution is 0.102. The van der Waals surface area contributed by atoms with E-state index in [2.05, 4.69) is 5.32 Å². The van der Waals surface area contributed by atoms with Crippen LogP contribution < -0.4 is 19.1 Å². The van der Waals surface area contributed by atoms with Crippen molar-refractivity contribution in [2.45, 2.75) is 12.8 Å². The fraction of sp³-hybridized carbons (Fsp3) is 0.278. The first-order valence-corrected chi connectivity index (χ1v) is 9.95. The number of hydrogen-bond acceptors (Lipinski definition) is 5. The number of fused-ring (bicyclic) bond motifs is 1. The van der Waals surface area contributed by atoms with E-state index >= 15 is 0 Å². The van der Waals surface area contributed by atoms with Crippen LogP contribution in [0, 0.1) is 0 Å². The second-order valence-electron chi connectivity index (χ2n) is 6.17. The van der Waals surface area contributed by atoms with Gasteiger partial charge in [0.2, 0.25) is 16.8 Å². The first-order valence-electron chi connectivity index (χ1n) is 8.34. The van der Waals surface area contributed by atoms with Gasteiger partial charge in [-0.2, -0.15) is 0 Å². The van der Waals surface area contributed by atoms with Gasteiger partial charge in [-0.3, -0.25) is 9.10 Å². The summed E-state index contributed by atoms with van der Waals surface area (Å²) in [6.07, 6.45) is 1.51. The van der Waals surface area contributed by atoms with Crippen molar-refractivity contribution in [3.05, 3.63) is 48.0 Å². The minimum atomic E-state index is -3.29. The summed E-state index contributed by atoms with van der Waals surface area (Å²) in [5.74, 6) is 0.993. The molecule has 2 heterocycles. The molecule has 2 aliphatic heterocycles. The Balaban J connectivity index is 1.54. The van der Waals surface area contributed by atoms with Crippen molar-refractivity contribution in [2.75, 3.05) is 28.7 Å². The van der Waals surface area contributed by atoms with Crippen LogP contribution in [0.1, 0.15) is 23.2 Å². The van der Waals surface area contributed by atoms with Crippen molar-refractivity contribution in [1.82, 2.24) is 0 Å². The van der Waals surface area contributed by atoms with Crippen molar-refractivity contribution in [3.8, 4) is 11.5 Å². The first-order chi connectivity index (χ1) is 12.5. The van der Waals surface area contributed by atoms with Gasteiger partial charge < -0.3 is 14.8 Å². The highest BCUT2D eigenvalue weighted by Gasteiger charge is 2.26. The minimum Gasteiger partial charge on any atom is -0.454 e. The zero-order chi connectivity index (χ0) is 18.1. The predicted octanol–water partition coefficient (Wildman–Crippen LogP) is 2.60. The van der Waals surface area contributed by atoms with Crippen molar-refractivity contribution < 1.29 is 22.7 Å². The topological polar surface area (TPSA) is 84.9 Å². The van der Waals surface area contributed by atoms with E-state index in [-0.39, 0.29) is 18.5 Å². The van der Waals surface area contributed by atoms with Gasteiger partial charge in [0.05, 0.1) is 11.4 Å². The van der Waals surface area contributed by atoms with Crippen LogP contribution in [0.2, 0.25) is 0 Å². The molecule has 1 fully saturated rings. The summed E-state index contributed by atoms with van der Waals surface area (Å²) in [5.41, 5.74) is 1.53. The summed E-state index contributed by atoms with van der Waals surface area (Å²) in [5, 5.41) is 2.80. The van der Waals surface area contributed by atoms with Gasteiger partial charge in [0.15, 0.2) is 11.5 Å². The molecule has 7 nitrogen and oxygen atoms in total. The highest BCUT2D eigenvalue weighted by molar-refractivity contribution is 7.92. The Morgan fingerprint density at radius 3 is 2.73 bits per heavy atom. The quantitative estimate of drug-likeness (QED) is 0.893. The maximum Gasteiger partial charge on any atom is 0.255 e. The molecule has 0 atom stereocenters. The number of rotatable bonds is 3. The van der Waals surface area contributed by atoms with E-state index < -0.39 is 10.0 Å². The van der Waals surface area contributed by atoms with E-state index in [0.29, 0.717) is 41.4 Å². The molecule has 0 radical (unpaired) electrons. The van der Waals surface area contributed by atoms with Gasteiger partial charge in [-0.25, -0.2) is 8.42 Å². The van der Waals surface area contributed by atoms with Gasteiger partial charge in [0.1, 0.15) is 0 Å². The van der Waals surface area contributed by atoms with Gasteiger partial charge in [-0.05, 0) is 49.2 Å². The van der Waals surface area contributed by atoms with Crippen LogP contribution in [-0.4, -0.2) is 33.4 Å². The van der Waals surface area contributed by atoms with Gasteiger partial charge in [-0.1, -0.05) is 6.07 Å². The average molecular weight is 374 g/mol. The maximum atomic E-state index is 12.5. The molecule has 0 bridgehead atoms. The third kappa shape index (κ3) is 3.20. The molecular weight excluding hydrogens is 356 g/mol. The maximum absolute atomic E-state index is 12.5. The van der Waals surface area contributed by atoms with E-state index in [9.17, 15) is 13.2 Å². The molecule has 2 aromatic carbocycles. The Bertz CT molecular complexity index is 958. The van der Waals surface area contributed by atoms with Crippen molar-refractivity contribution in [2.24, 2.45) is 0 Å². The number of hydrogen-bond donors (Lipinski definition) is 1. The number of sulfonamides is 1. The third-order valence-corrected chi connectivity index (χ3v) is 6.25. The van der Waals surface area contributed by atoms with E-state index in [1.54, 1.807) is 42.5 Å². The van der Waals surface area contributed by atoms with Crippen LogP contribution in [-0.2, 0) is 10.0 Å². The summed E-state index contributed by atoms with van der Waals surface area (Å²) in [7, 11) is -3.29. The summed E-state index contributed by atoms with van der Waals surface area (Å²) in [6.45, 7) is 0.606. The van der Waals surface area contributed by atoms with Gasteiger partial charge >= 0.3 is 0 Å². The van der Waals surface area contributed by atoms with Crippen LogP contribution in [0.3, 0.4) is 0 Å². The van der Waals surface area contributed by atoms with E-state index in [1.165, 1.54) is 4.31 Å². The van der Waals surface area contributed by atoms with Gasteiger partial charge in [-0.15, -0.1) is 0 Å². The van der Waals surface area contributed by atoms with Crippen LogP contribution in [0.15, 0.2) is 42.5 Å². The Morgan fingerprint density at radius 2 is 1.88 bits per heavy atom. The van der Waals surface area contributed by atoms with Crippen LogP contribution in [0.25, 0.3) is 0 Å². The molecule has 2 aromatic rings. The molecule has 136 valence electrons. The summed E-state index contributed by atoms with van der Waals surface area (Å²) in [4.78, 5) is 12.5. The minimum absolute atomic E-state index is 0.146. The smallest absolute Gasteiger partial charge is 0.255 e. The monoisotopic (exact) mass is 374 g/mol. The highest BCUT2D eigenvalue weighted by Crippen LogP contribution is 2.33. The molecule has 1 amide bonds. The number of anilines is 2. The van der Waals surface area contributed by atoms with E-state index in [4.69, 9.17) is 9.47 Å². The molecular formula is C18H18N2O5S. The zero-order valence-electron chi connectivity index (χ0n) is 14.0. The van der Waals surface area contributed by atoms with Crippen LogP contribution in [0.5, 0.6) is 11.5 Å².